The van der Waals surface area contributed by atoms with E-state index in [0.717, 1.165) is 4.31 Å². The van der Waals surface area contributed by atoms with Gasteiger partial charge in [-0.1, -0.05) is 0 Å². The lowest BCUT2D eigenvalue weighted by Crippen LogP contribution is -2.22. The molecule has 2 aromatic rings. The summed E-state index contributed by atoms with van der Waals surface area (Å²) >= 11 is 0. The molecule has 1 aromatic heterocycles. The molecule has 0 bridgehead atoms. The number of furan rings is 1. The molecule has 22 heavy (non-hydrogen) atoms. The molecular weight excluding hydrogens is 304 g/mol. The Labute approximate surface area is 129 Å². The zero-order valence-corrected chi connectivity index (χ0v) is 13.0. The van der Waals surface area contributed by atoms with Crippen LogP contribution in [0.4, 0.5) is 5.69 Å². The maximum Gasteiger partial charge on any atom is 0.248 e. The number of amides is 1. The molecule has 0 aliphatic rings. The molecule has 0 saturated carbocycles. The first-order chi connectivity index (χ1) is 10.4. The number of nitrogens with zero attached hydrogens (tertiary/aromatic N) is 1. The number of carbonyl (C=O) groups excluding carboxylic acids is 1. The maximum atomic E-state index is 11.9. The Balaban J connectivity index is 2.04. The standard InChI is InChI=1S/C15H16N2O4S/c1-17(2)22(19,20)14-8-5-12(6-9-14)16-15(18)10-7-13-4-3-11-21-13/h3-11H,1-2H3,(H,16,18)/b10-7+. The molecule has 7 heteroatoms. The highest BCUT2D eigenvalue weighted by Crippen LogP contribution is 2.16. The fraction of sp³-hybridized carbons (Fsp3) is 0.133. The lowest BCUT2D eigenvalue weighted by Gasteiger charge is -2.11. The van der Waals surface area contributed by atoms with E-state index in [1.165, 1.54) is 50.7 Å². The number of rotatable bonds is 5. The van der Waals surface area contributed by atoms with Crippen molar-refractivity contribution in [3.05, 3.63) is 54.5 Å². The van der Waals surface area contributed by atoms with Crippen LogP contribution in [0.15, 0.2) is 58.1 Å². The van der Waals surface area contributed by atoms with Gasteiger partial charge < -0.3 is 9.73 Å². The first-order valence-corrected chi connectivity index (χ1v) is 7.89. The van der Waals surface area contributed by atoms with Gasteiger partial charge in [0.05, 0.1) is 11.2 Å². The second-order valence-electron chi connectivity index (χ2n) is 4.65. The van der Waals surface area contributed by atoms with E-state index in [2.05, 4.69) is 5.32 Å². The van der Waals surface area contributed by atoms with Gasteiger partial charge in [0.25, 0.3) is 0 Å². The average Bonchev–Trinajstić information content (AvgIpc) is 2.99. The molecule has 1 aromatic carbocycles. The summed E-state index contributed by atoms with van der Waals surface area (Å²) in [5.74, 6) is 0.238. The largest absolute Gasteiger partial charge is 0.465 e. The van der Waals surface area contributed by atoms with E-state index in [0.29, 0.717) is 11.4 Å². The third kappa shape index (κ3) is 3.84. The van der Waals surface area contributed by atoms with Gasteiger partial charge in [0.2, 0.25) is 15.9 Å². The molecule has 0 radical (unpaired) electrons. The number of hydrogen-bond donors (Lipinski definition) is 1. The van der Waals surface area contributed by atoms with Gasteiger partial charge in [-0.15, -0.1) is 0 Å². The fourth-order valence-electron chi connectivity index (χ4n) is 1.65. The van der Waals surface area contributed by atoms with Crippen LogP contribution in [0.5, 0.6) is 0 Å². The zero-order valence-electron chi connectivity index (χ0n) is 12.2. The van der Waals surface area contributed by atoms with Crippen LogP contribution >= 0.6 is 0 Å². The van der Waals surface area contributed by atoms with Crippen LogP contribution in [-0.2, 0) is 14.8 Å². The first-order valence-electron chi connectivity index (χ1n) is 6.45. The smallest absolute Gasteiger partial charge is 0.248 e. The van der Waals surface area contributed by atoms with E-state index in [9.17, 15) is 13.2 Å². The van der Waals surface area contributed by atoms with Crippen molar-refractivity contribution < 1.29 is 17.6 Å². The highest BCUT2D eigenvalue weighted by Gasteiger charge is 2.16. The fourth-order valence-corrected chi connectivity index (χ4v) is 2.55. The lowest BCUT2D eigenvalue weighted by atomic mass is 10.3. The van der Waals surface area contributed by atoms with Crippen LogP contribution in [0.25, 0.3) is 6.08 Å². The highest BCUT2D eigenvalue weighted by atomic mass is 32.2. The number of carbonyl (C=O) groups is 1. The first kappa shape index (κ1) is 16.0. The minimum atomic E-state index is -3.47. The topological polar surface area (TPSA) is 79.6 Å². The Morgan fingerprint density at radius 2 is 1.86 bits per heavy atom. The minimum Gasteiger partial charge on any atom is -0.465 e. The van der Waals surface area contributed by atoms with Gasteiger partial charge in [-0.2, -0.15) is 0 Å². The number of nitrogens with one attached hydrogen (secondary N) is 1. The van der Waals surface area contributed by atoms with Crippen molar-refractivity contribution in [3.8, 4) is 0 Å². The third-order valence-corrected chi connectivity index (χ3v) is 4.67. The van der Waals surface area contributed by atoms with Gasteiger partial charge in [0, 0.05) is 25.9 Å². The van der Waals surface area contributed by atoms with E-state index in [1.807, 2.05) is 0 Å². The van der Waals surface area contributed by atoms with E-state index < -0.39 is 10.0 Å². The molecule has 0 spiro atoms. The molecular formula is C15H16N2O4S. The SMILES string of the molecule is CN(C)S(=O)(=O)c1ccc(NC(=O)/C=C/c2ccco2)cc1. The van der Waals surface area contributed by atoms with Crippen molar-refractivity contribution in [2.75, 3.05) is 19.4 Å². The van der Waals surface area contributed by atoms with Crippen molar-refractivity contribution >= 4 is 27.7 Å². The van der Waals surface area contributed by atoms with Gasteiger partial charge >= 0.3 is 0 Å². The molecule has 1 heterocycles. The lowest BCUT2D eigenvalue weighted by molar-refractivity contribution is -0.111. The summed E-state index contributed by atoms with van der Waals surface area (Å²) in [5, 5.41) is 2.64. The molecule has 2 rings (SSSR count). The third-order valence-electron chi connectivity index (χ3n) is 2.84. The number of hydrogen-bond acceptors (Lipinski definition) is 4. The van der Waals surface area contributed by atoms with Crippen LogP contribution in [0.3, 0.4) is 0 Å². The quantitative estimate of drug-likeness (QED) is 0.856. The van der Waals surface area contributed by atoms with Crippen molar-refractivity contribution in [3.63, 3.8) is 0 Å². The summed E-state index contributed by atoms with van der Waals surface area (Å²) in [6, 6.07) is 9.42. The molecule has 0 saturated heterocycles. The summed E-state index contributed by atoms with van der Waals surface area (Å²) in [6.45, 7) is 0. The Morgan fingerprint density at radius 3 is 2.41 bits per heavy atom. The van der Waals surface area contributed by atoms with E-state index in [4.69, 9.17) is 4.42 Å². The summed E-state index contributed by atoms with van der Waals surface area (Å²) in [7, 11) is -0.542. The molecule has 116 valence electrons. The summed E-state index contributed by atoms with van der Waals surface area (Å²) in [5.41, 5.74) is 0.506. The average molecular weight is 320 g/mol. The molecule has 1 amide bonds. The molecule has 0 aliphatic heterocycles. The number of anilines is 1. The highest BCUT2D eigenvalue weighted by molar-refractivity contribution is 7.89. The molecule has 0 atom stereocenters. The van der Waals surface area contributed by atoms with Crippen molar-refractivity contribution in [2.45, 2.75) is 4.90 Å². The maximum absolute atomic E-state index is 11.9. The Kier molecular flexibility index (Phi) is 4.79. The zero-order chi connectivity index (χ0) is 16.2. The molecule has 6 nitrogen and oxygen atoms in total. The number of benzene rings is 1. The Morgan fingerprint density at radius 1 is 1.18 bits per heavy atom. The Hall–Kier alpha value is -2.38. The van der Waals surface area contributed by atoms with Crippen LogP contribution < -0.4 is 5.32 Å². The summed E-state index contributed by atoms with van der Waals surface area (Å²) < 4.78 is 30.0. The number of sulfonamides is 1. The van der Waals surface area contributed by atoms with Crippen molar-refractivity contribution in [1.82, 2.24) is 4.31 Å². The predicted molar refractivity (Wildman–Crippen MR) is 83.7 cm³/mol. The second-order valence-corrected chi connectivity index (χ2v) is 6.80. The van der Waals surface area contributed by atoms with Crippen LogP contribution in [0.1, 0.15) is 5.76 Å². The van der Waals surface area contributed by atoms with Crippen molar-refractivity contribution in [1.29, 1.82) is 0 Å². The van der Waals surface area contributed by atoms with Gasteiger partial charge in [-0.25, -0.2) is 12.7 Å². The van der Waals surface area contributed by atoms with Crippen LogP contribution in [0.2, 0.25) is 0 Å². The van der Waals surface area contributed by atoms with E-state index in [1.54, 1.807) is 18.2 Å². The predicted octanol–water partition coefficient (Wildman–Crippen LogP) is 2.18. The Bertz CT molecular complexity index is 760. The minimum absolute atomic E-state index is 0.168. The second kappa shape index (κ2) is 6.59. The van der Waals surface area contributed by atoms with Gasteiger partial charge in [0.15, 0.2) is 0 Å². The summed E-state index contributed by atoms with van der Waals surface area (Å²) in [4.78, 5) is 11.9. The van der Waals surface area contributed by atoms with E-state index >= 15 is 0 Å². The van der Waals surface area contributed by atoms with Gasteiger partial charge in [-0.3, -0.25) is 4.79 Å². The van der Waals surface area contributed by atoms with E-state index in [-0.39, 0.29) is 10.8 Å². The molecule has 0 aliphatic carbocycles. The monoisotopic (exact) mass is 320 g/mol. The van der Waals surface area contributed by atoms with Gasteiger partial charge in [-0.05, 0) is 42.5 Å². The normalized spacial score (nSPS) is 12.0. The van der Waals surface area contributed by atoms with Crippen molar-refractivity contribution in [2.24, 2.45) is 0 Å². The van der Waals surface area contributed by atoms with Gasteiger partial charge in [0.1, 0.15) is 5.76 Å². The summed E-state index contributed by atoms with van der Waals surface area (Å²) in [6.07, 6.45) is 4.39. The van der Waals surface area contributed by atoms with Crippen LogP contribution in [-0.4, -0.2) is 32.7 Å². The molecule has 0 unspecified atom stereocenters. The van der Waals surface area contributed by atoms with Crippen LogP contribution in [0, 0.1) is 0 Å². The molecule has 0 fully saturated rings. The molecule has 1 N–H and O–H groups in total.